The first kappa shape index (κ1) is 19.9. The van der Waals surface area contributed by atoms with Crippen molar-refractivity contribution >= 4 is 23.4 Å². The van der Waals surface area contributed by atoms with Crippen LogP contribution in [0.3, 0.4) is 0 Å². The Labute approximate surface area is 174 Å². The molecule has 2 heterocycles. The quantitative estimate of drug-likeness (QED) is 0.762. The third kappa shape index (κ3) is 4.76. The summed E-state index contributed by atoms with van der Waals surface area (Å²) in [4.78, 5) is 42.2. The third-order valence-corrected chi connectivity index (χ3v) is 5.38. The molecule has 1 aromatic heterocycles. The molecule has 1 aliphatic carbocycles. The number of pyridine rings is 1. The summed E-state index contributed by atoms with van der Waals surface area (Å²) >= 11 is 0. The predicted molar refractivity (Wildman–Crippen MR) is 110 cm³/mol. The zero-order valence-corrected chi connectivity index (χ0v) is 16.5. The molecule has 8 heteroatoms. The van der Waals surface area contributed by atoms with Gasteiger partial charge in [-0.05, 0) is 49.9 Å². The number of nitrogens with one attached hydrogen (secondary N) is 1. The molecule has 2 aliphatic rings. The van der Waals surface area contributed by atoms with Gasteiger partial charge in [-0.3, -0.25) is 14.4 Å². The van der Waals surface area contributed by atoms with Gasteiger partial charge in [-0.25, -0.2) is 4.98 Å². The van der Waals surface area contributed by atoms with E-state index in [1.165, 1.54) is 12.3 Å². The molecule has 156 valence electrons. The number of ether oxygens (including phenoxy) is 1. The number of primary amides is 1. The third-order valence-electron chi connectivity index (χ3n) is 5.38. The highest BCUT2D eigenvalue weighted by Gasteiger charge is 2.36. The average molecular weight is 408 g/mol. The van der Waals surface area contributed by atoms with Gasteiger partial charge < -0.3 is 20.7 Å². The Kier molecular flexibility index (Phi) is 5.65. The number of hydrogen-bond donors (Lipinski definition) is 2. The van der Waals surface area contributed by atoms with E-state index < -0.39 is 5.91 Å². The van der Waals surface area contributed by atoms with Crippen LogP contribution in [-0.2, 0) is 9.59 Å². The SMILES string of the molecule is NC(=O)c1cccc(Oc2ccc(NC(=O)C3CCCN(C(=O)C4CC4)C3)cn2)c1. The van der Waals surface area contributed by atoms with E-state index in [0.717, 1.165) is 32.2 Å². The first-order valence-corrected chi connectivity index (χ1v) is 10.1. The lowest BCUT2D eigenvalue weighted by Gasteiger charge is -2.32. The molecule has 0 spiro atoms. The molecule has 1 unspecified atom stereocenters. The molecule has 2 aromatic rings. The lowest BCUT2D eigenvalue weighted by atomic mass is 9.96. The number of benzene rings is 1. The molecule has 1 saturated carbocycles. The Bertz CT molecular complexity index is 956. The summed E-state index contributed by atoms with van der Waals surface area (Å²) in [6, 6.07) is 9.85. The second-order valence-corrected chi connectivity index (χ2v) is 7.77. The van der Waals surface area contributed by atoms with Crippen molar-refractivity contribution in [2.45, 2.75) is 25.7 Å². The van der Waals surface area contributed by atoms with Gasteiger partial charge in [-0.1, -0.05) is 6.07 Å². The molecular formula is C22H24N4O4. The number of amides is 3. The number of nitrogens with zero attached hydrogens (tertiary/aromatic N) is 2. The smallest absolute Gasteiger partial charge is 0.248 e. The summed E-state index contributed by atoms with van der Waals surface area (Å²) in [5, 5.41) is 2.87. The van der Waals surface area contributed by atoms with Crippen molar-refractivity contribution in [3.8, 4) is 11.6 Å². The van der Waals surface area contributed by atoms with Gasteiger partial charge in [0, 0.05) is 30.6 Å². The van der Waals surface area contributed by atoms with Gasteiger partial charge in [0.15, 0.2) is 0 Å². The van der Waals surface area contributed by atoms with Crippen LogP contribution in [0.5, 0.6) is 11.6 Å². The van der Waals surface area contributed by atoms with Crippen LogP contribution in [0, 0.1) is 11.8 Å². The normalized spacial score (nSPS) is 18.5. The molecule has 8 nitrogen and oxygen atoms in total. The fourth-order valence-corrected chi connectivity index (χ4v) is 3.57. The maximum atomic E-state index is 12.6. The van der Waals surface area contributed by atoms with Gasteiger partial charge in [0.05, 0.1) is 17.8 Å². The molecule has 2 fully saturated rings. The predicted octanol–water partition coefficient (Wildman–Crippen LogP) is 2.56. The number of nitrogens with two attached hydrogens (primary N) is 1. The van der Waals surface area contributed by atoms with Gasteiger partial charge in [0.25, 0.3) is 0 Å². The summed E-state index contributed by atoms with van der Waals surface area (Å²) in [6.45, 7) is 1.22. The van der Waals surface area contributed by atoms with Crippen LogP contribution in [0.25, 0.3) is 0 Å². The van der Waals surface area contributed by atoms with Crippen LogP contribution in [0.1, 0.15) is 36.0 Å². The monoisotopic (exact) mass is 408 g/mol. The minimum absolute atomic E-state index is 0.104. The van der Waals surface area contributed by atoms with Crippen molar-refractivity contribution in [3.63, 3.8) is 0 Å². The summed E-state index contributed by atoms with van der Waals surface area (Å²) < 4.78 is 5.64. The van der Waals surface area contributed by atoms with Crippen molar-refractivity contribution in [1.29, 1.82) is 0 Å². The highest BCUT2D eigenvalue weighted by atomic mass is 16.5. The van der Waals surface area contributed by atoms with Crippen molar-refractivity contribution in [3.05, 3.63) is 48.2 Å². The van der Waals surface area contributed by atoms with Crippen LogP contribution in [0.4, 0.5) is 5.69 Å². The molecule has 1 saturated heterocycles. The van der Waals surface area contributed by atoms with E-state index in [-0.39, 0.29) is 23.7 Å². The number of carbonyl (C=O) groups excluding carboxylic acids is 3. The largest absolute Gasteiger partial charge is 0.439 e. The molecule has 4 rings (SSSR count). The average Bonchev–Trinajstić information content (AvgIpc) is 3.60. The van der Waals surface area contributed by atoms with Gasteiger partial charge in [0.2, 0.25) is 23.6 Å². The van der Waals surface area contributed by atoms with Crippen LogP contribution in [-0.4, -0.2) is 40.7 Å². The second-order valence-electron chi connectivity index (χ2n) is 7.77. The Morgan fingerprint density at radius 3 is 2.63 bits per heavy atom. The van der Waals surface area contributed by atoms with E-state index in [1.54, 1.807) is 30.3 Å². The van der Waals surface area contributed by atoms with E-state index in [1.807, 2.05) is 4.90 Å². The molecule has 1 atom stereocenters. The zero-order valence-electron chi connectivity index (χ0n) is 16.5. The van der Waals surface area contributed by atoms with Crippen molar-refractivity contribution < 1.29 is 19.1 Å². The number of carbonyl (C=O) groups is 3. The number of hydrogen-bond acceptors (Lipinski definition) is 5. The van der Waals surface area contributed by atoms with Crippen LogP contribution < -0.4 is 15.8 Å². The topological polar surface area (TPSA) is 115 Å². The minimum atomic E-state index is -0.536. The number of rotatable bonds is 6. The standard InChI is InChI=1S/C22H24N4O4/c23-20(27)15-3-1-5-18(11-15)30-19-9-8-17(12-24-19)25-21(28)16-4-2-10-26(13-16)22(29)14-6-7-14/h1,3,5,8-9,11-12,14,16H,2,4,6-7,10,13H2,(H2,23,27)(H,25,28). The lowest BCUT2D eigenvalue weighted by molar-refractivity contribution is -0.135. The first-order valence-electron chi connectivity index (χ1n) is 10.1. The maximum absolute atomic E-state index is 12.6. The number of piperidine rings is 1. The van der Waals surface area contributed by atoms with Crippen molar-refractivity contribution in [2.75, 3.05) is 18.4 Å². The van der Waals surface area contributed by atoms with Crippen LogP contribution >= 0.6 is 0 Å². The molecule has 1 aliphatic heterocycles. The van der Waals surface area contributed by atoms with E-state index in [9.17, 15) is 14.4 Å². The summed E-state index contributed by atoms with van der Waals surface area (Å²) in [7, 11) is 0. The maximum Gasteiger partial charge on any atom is 0.248 e. The molecule has 30 heavy (non-hydrogen) atoms. The Morgan fingerprint density at radius 1 is 1.10 bits per heavy atom. The van der Waals surface area contributed by atoms with Gasteiger partial charge >= 0.3 is 0 Å². The highest BCUT2D eigenvalue weighted by molar-refractivity contribution is 5.93. The van der Waals surface area contributed by atoms with Gasteiger partial charge in [-0.15, -0.1) is 0 Å². The van der Waals surface area contributed by atoms with E-state index in [2.05, 4.69) is 10.3 Å². The van der Waals surface area contributed by atoms with E-state index in [4.69, 9.17) is 10.5 Å². The van der Waals surface area contributed by atoms with Crippen molar-refractivity contribution in [1.82, 2.24) is 9.88 Å². The summed E-state index contributed by atoms with van der Waals surface area (Å²) in [5.74, 6) is 0.281. The number of likely N-dealkylation sites (tertiary alicyclic amines) is 1. The fraction of sp³-hybridized carbons (Fsp3) is 0.364. The van der Waals surface area contributed by atoms with E-state index >= 15 is 0 Å². The van der Waals surface area contributed by atoms with Crippen LogP contribution in [0.15, 0.2) is 42.6 Å². The zero-order chi connectivity index (χ0) is 21.1. The van der Waals surface area contributed by atoms with Crippen molar-refractivity contribution in [2.24, 2.45) is 17.6 Å². The molecule has 3 N–H and O–H groups in total. The minimum Gasteiger partial charge on any atom is -0.439 e. The Morgan fingerprint density at radius 2 is 1.93 bits per heavy atom. The summed E-state index contributed by atoms with van der Waals surface area (Å²) in [6.07, 6.45) is 5.07. The van der Waals surface area contributed by atoms with Gasteiger partial charge in [-0.2, -0.15) is 0 Å². The molecule has 0 radical (unpaired) electrons. The molecule has 3 amide bonds. The highest BCUT2D eigenvalue weighted by Crippen LogP contribution is 2.32. The van der Waals surface area contributed by atoms with E-state index in [0.29, 0.717) is 29.4 Å². The second kappa shape index (κ2) is 8.52. The van der Waals surface area contributed by atoms with Crippen LogP contribution in [0.2, 0.25) is 0 Å². The number of aromatic nitrogens is 1. The fourth-order valence-electron chi connectivity index (χ4n) is 3.57. The summed E-state index contributed by atoms with van der Waals surface area (Å²) in [5.41, 5.74) is 6.18. The lowest BCUT2D eigenvalue weighted by Crippen LogP contribution is -2.44. The number of anilines is 1. The van der Waals surface area contributed by atoms with Gasteiger partial charge in [0.1, 0.15) is 5.75 Å². The molecule has 1 aromatic carbocycles. The Hall–Kier alpha value is -3.42. The molecule has 0 bridgehead atoms. The molecular weight excluding hydrogens is 384 g/mol. The Balaban J connectivity index is 1.34. The first-order chi connectivity index (χ1) is 14.5.